The largest absolute Gasteiger partial charge is 0.314 e. The van der Waals surface area contributed by atoms with E-state index in [4.69, 9.17) is 0 Å². The van der Waals surface area contributed by atoms with Gasteiger partial charge in [0, 0.05) is 31.7 Å². The van der Waals surface area contributed by atoms with E-state index in [1.807, 2.05) is 0 Å². The molecule has 2 nitrogen and oxygen atoms in total. The third-order valence-corrected chi connectivity index (χ3v) is 3.16. The number of hydrogen-bond donors (Lipinski definition) is 1. The Hall–Kier alpha value is -1.14. The lowest BCUT2D eigenvalue weighted by Crippen LogP contribution is -2.46. The lowest BCUT2D eigenvalue weighted by Gasteiger charge is -2.33. The van der Waals surface area contributed by atoms with Crippen molar-refractivity contribution in [1.29, 1.82) is 0 Å². The van der Waals surface area contributed by atoms with Gasteiger partial charge in [0.15, 0.2) is 17.5 Å². The first-order chi connectivity index (χ1) is 8.65. The summed E-state index contributed by atoms with van der Waals surface area (Å²) in [7, 11) is 0. The van der Waals surface area contributed by atoms with Gasteiger partial charge in [0.1, 0.15) is 6.67 Å². The summed E-state index contributed by atoms with van der Waals surface area (Å²) in [5, 5.41) is 3.09. The first-order valence-corrected chi connectivity index (χ1v) is 5.79. The fourth-order valence-electron chi connectivity index (χ4n) is 2.17. The molecule has 1 heterocycles. The van der Waals surface area contributed by atoms with Gasteiger partial charge < -0.3 is 5.32 Å². The molecule has 0 spiro atoms. The second-order valence-corrected chi connectivity index (χ2v) is 4.22. The molecule has 1 aromatic carbocycles. The van der Waals surface area contributed by atoms with E-state index in [1.54, 1.807) is 4.90 Å². The molecule has 1 N–H and O–H groups in total. The van der Waals surface area contributed by atoms with E-state index in [0.717, 1.165) is 12.1 Å². The summed E-state index contributed by atoms with van der Waals surface area (Å²) in [5.74, 6) is -4.09. The van der Waals surface area contributed by atoms with Crippen molar-refractivity contribution in [3.05, 3.63) is 35.1 Å². The van der Waals surface area contributed by atoms with E-state index >= 15 is 0 Å². The molecule has 0 unspecified atom stereocenters. The number of nitrogens with zero attached hydrogens (tertiary/aromatic N) is 1. The number of benzene rings is 1. The average Bonchev–Trinajstić information content (AvgIpc) is 2.41. The number of nitrogens with one attached hydrogen (secondary N) is 1. The fraction of sp³-hybridized carbons (Fsp3) is 0.500. The van der Waals surface area contributed by atoms with Gasteiger partial charge in [-0.2, -0.15) is 0 Å². The van der Waals surface area contributed by atoms with Crippen LogP contribution in [0.1, 0.15) is 11.6 Å². The van der Waals surface area contributed by atoms with Crippen molar-refractivity contribution in [3.8, 4) is 0 Å². The molecule has 1 saturated heterocycles. The van der Waals surface area contributed by atoms with Crippen molar-refractivity contribution in [3.63, 3.8) is 0 Å². The number of hydrogen-bond acceptors (Lipinski definition) is 2. The monoisotopic (exact) mass is 262 g/mol. The highest BCUT2D eigenvalue weighted by atomic mass is 19.2. The Labute approximate surface area is 103 Å². The van der Waals surface area contributed by atoms with Crippen LogP contribution in [0.15, 0.2) is 12.1 Å². The molecule has 0 aliphatic carbocycles. The number of rotatable bonds is 3. The molecule has 1 atom stereocenters. The molecule has 0 saturated carbocycles. The predicted octanol–water partition coefficient (Wildman–Crippen LogP) is 2.02. The molecule has 1 aromatic rings. The zero-order valence-corrected chi connectivity index (χ0v) is 9.73. The van der Waals surface area contributed by atoms with Gasteiger partial charge in [0.2, 0.25) is 0 Å². The standard InChI is InChI=1S/C12H14F4N2/c13-7-10(18-5-3-17-4-6-18)8-1-2-9(14)12(16)11(8)15/h1-2,10,17H,3-7H2/t10-/m0/s1. The molecular weight excluding hydrogens is 248 g/mol. The van der Waals surface area contributed by atoms with Crippen LogP contribution in [0.4, 0.5) is 17.6 Å². The van der Waals surface area contributed by atoms with Crippen LogP contribution in [0.5, 0.6) is 0 Å². The Balaban J connectivity index is 2.29. The van der Waals surface area contributed by atoms with Crippen LogP contribution < -0.4 is 5.32 Å². The quantitative estimate of drug-likeness (QED) is 0.662. The van der Waals surface area contributed by atoms with Gasteiger partial charge in [0.25, 0.3) is 0 Å². The Morgan fingerprint density at radius 2 is 1.78 bits per heavy atom. The van der Waals surface area contributed by atoms with Crippen molar-refractivity contribution in [1.82, 2.24) is 10.2 Å². The third-order valence-electron chi connectivity index (χ3n) is 3.16. The maximum absolute atomic E-state index is 13.6. The summed E-state index contributed by atoms with van der Waals surface area (Å²) in [6.45, 7) is 1.60. The zero-order valence-electron chi connectivity index (χ0n) is 9.73. The van der Waals surface area contributed by atoms with Gasteiger partial charge in [-0.3, -0.25) is 4.90 Å². The van der Waals surface area contributed by atoms with Crippen LogP contribution in [0.25, 0.3) is 0 Å². The average molecular weight is 262 g/mol. The smallest absolute Gasteiger partial charge is 0.194 e. The third kappa shape index (κ3) is 2.49. The minimum absolute atomic E-state index is 0.127. The van der Waals surface area contributed by atoms with Crippen LogP contribution in [0.3, 0.4) is 0 Å². The van der Waals surface area contributed by atoms with E-state index in [2.05, 4.69) is 5.32 Å². The second-order valence-electron chi connectivity index (χ2n) is 4.22. The molecule has 1 fully saturated rings. The first kappa shape index (κ1) is 13.3. The summed E-state index contributed by atoms with van der Waals surface area (Å²) < 4.78 is 52.7. The summed E-state index contributed by atoms with van der Waals surface area (Å²) in [6, 6.07) is 1.08. The SMILES string of the molecule is FC[C@@H](c1ccc(F)c(F)c1F)N1CCNCC1. The Morgan fingerprint density at radius 1 is 1.11 bits per heavy atom. The van der Waals surface area contributed by atoms with Crippen LogP contribution >= 0.6 is 0 Å². The maximum atomic E-state index is 13.6. The molecule has 18 heavy (non-hydrogen) atoms. The number of alkyl halides is 1. The van der Waals surface area contributed by atoms with E-state index in [1.165, 1.54) is 0 Å². The summed E-state index contributed by atoms with van der Waals surface area (Å²) in [5.41, 5.74) is -0.127. The maximum Gasteiger partial charge on any atom is 0.194 e. The lowest BCUT2D eigenvalue weighted by atomic mass is 10.0. The molecular formula is C12H14F4N2. The summed E-state index contributed by atoms with van der Waals surface area (Å²) >= 11 is 0. The Morgan fingerprint density at radius 3 is 2.39 bits per heavy atom. The van der Waals surface area contributed by atoms with E-state index in [-0.39, 0.29) is 5.56 Å². The molecule has 1 aliphatic rings. The molecule has 2 rings (SSSR count). The van der Waals surface area contributed by atoms with E-state index < -0.39 is 30.2 Å². The van der Waals surface area contributed by atoms with Crippen LogP contribution in [0, 0.1) is 17.5 Å². The van der Waals surface area contributed by atoms with Crippen molar-refractivity contribution < 1.29 is 17.6 Å². The summed E-state index contributed by atoms with van der Waals surface area (Å²) in [4.78, 5) is 1.73. The minimum Gasteiger partial charge on any atom is -0.314 e. The van der Waals surface area contributed by atoms with Gasteiger partial charge in [0.05, 0.1) is 6.04 Å². The van der Waals surface area contributed by atoms with Crippen LogP contribution in [0.2, 0.25) is 0 Å². The molecule has 0 aromatic heterocycles. The van der Waals surface area contributed by atoms with Gasteiger partial charge in [-0.1, -0.05) is 6.07 Å². The van der Waals surface area contributed by atoms with Gasteiger partial charge in [-0.25, -0.2) is 17.6 Å². The molecule has 6 heteroatoms. The van der Waals surface area contributed by atoms with Crippen molar-refractivity contribution in [2.45, 2.75) is 6.04 Å². The van der Waals surface area contributed by atoms with Crippen molar-refractivity contribution in [2.24, 2.45) is 0 Å². The highest BCUT2D eigenvalue weighted by Crippen LogP contribution is 2.26. The van der Waals surface area contributed by atoms with Gasteiger partial charge in [-0.15, -0.1) is 0 Å². The molecule has 0 bridgehead atoms. The Bertz CT molecular complexity index is 419. The molecule has 0 amide bonds. The van der Waals surface area contributed by atoms with E-state index in [0.29, 0.717) is 26.2 Å². The summed E-state index contributed by atoms with van der Waals surface area (Å²) in [6.07, 6.45) is 0. The molecule has 1 aliphatic heterocycles. The molecule has 0 radical (unpaired) electrons. The van der Waals surface area contributed by atoms with Crippen LogP contribution in [-0.2, 0) is 0 Å². The number of piperazine rings is 1. The minimum atomic E-state index is -1.54. The lowest BCUT2D eigenvalue weighted by molar-refractivity contribution is 0.143. The predicted molar refractivity (Wildman–Crippen MR) is 59.5 cm³/mol. The number of halogens is 4. The van der Waals surface area contributed by atoms with Crippen LogP contribution in [-0.4, -0.2) is 37.8 Å². The second kappa shape index (κ2) is 5.67. The van der Waals surface area contributed by atoms with Crippen molar-refractivity contribution >= 4 is 0 Å². The normalized spacial score (nSPS) is 18.9. The topological polar surface area (TPSA) is 15.3 Å². The first-order valence-electron chi connectivity index (χ1n) is 5.79. The molecule has 100 valence electrons. The highest BCUT2D eigenvalue weighted by Gasteiger charge is 2.26. The fourth-order valence-corrected chi connectivity index (χ4v) is 2.17. The van der Waals surface area contributed by atoms with Crippen molar-refractivity contribution in [2.75, 3.05) is 32.9 Å². The van der Waals surface area contributed by atoms with E-state index in [9.17, 15) is 17.6 Å². The van der Waals surface area contributed by atoms with Gasteiger partial charge in [-0.05, 0) is 6.07 Å². The Kier molecular flexibility index (Phi) is 4.19. The highest BCUT2D eigenvalue weighted by molar-refractivity contribution is 5.24. The van der Waals surface area contributed by atoms with Gasteiger partial charge >= 0.3 is 0 Å². The zero-order chi connectivity index (χ0) is 13.1.